The molecule has 9 heteroatoms. The number of aliphatic carboxylic acids is 2. The summed E-state index contributed by atoms with van der Waals surface area (Å²) >= 11 is 0. The Morgan fingerprint density at radius 1 is 1.13 bits per heavy atom. The summed E-state index contributed by atoms with van der Waals surface area (Å²) in [6, 6.07) is 7.09. The third kappa shape index (κ3) is 29.4. The number of hydrogen-bond acceptors (Lipinski definition) is 6. The minimum absolute atomic E-state index is 0.0483. The van der Waals surface area contributed by atoms with Crippen LogP contribution in [0.25, 0.3) is 0 Å². The highest BCUT2D eigenvalue weighted by Crippen LogP contribution is 2.04. The number of hydrogen-bond donors (Lipinski definition) is 4. The van der Waals surface area contributed by atoms with Gasteiger partial charge >= 0.3 is 11.9 Å². The van der Waals surface area contributed by atoms with Crippen LogP contribution in [0.1, 0.15) is 49.5 Å². The summed E-state index contributed by atoms with van der Waals surface area (Å²) in [7, 11) is 0. The van der Waals surface area contributed by atoms with Crippen molar-refractivity contribution in [1.82, 2.24) is 0 Å². The quantitative estimate of drug-likeness (QED) is 0.396. The first-order chi connectivity index (χ1) is 13.9. The molecule has 0 radical (unpaired) electrons. The summed E-state index contributed by atoms with van der Waals surface area (Å²) in [4.78, 5) is 39.4. The highest BCUT2D eigenvalue weighted by molar-refractivity contribution is 5.89. The molecule has 5 N–H and O–H groups in total. The Balaban J connectivity index is -0.000000372. The first-order valence-electron chi connectivity index (χ1n) is 8.85. The van der Waals surface area contributed by atoms with Crippen LogP contribution in [-0.4, -0.2) is 52.3 Å². The maximum Gasteiger partial charge on any atom is 0.338 e. The van der Waals surface area contributed by atoms with Crippen molar-refractivity contribution in [1.29, 1.82) is 0 Å². The molecule has 0 saturated heterocycles. The Morgan fingerprint density at radius 2 is 1.57 bits per heavy atom. The number of nitrogens with two attached hydrogens (primary N) is 1. The van der Waals surface area contributed by atoms with E-state index < -0.39 is 17.9 Å². The molecule has 0 aliphatic rings. The van der Waals surface area contributed by atoms with Crippen LogP contribution in [0.15, 0.2) is 24.3 Å². The van der Waals surface area contributed by atoms with Gasteiger partial charge in [-0.05, 0) is 25.5 Å². The van der Waals surface area contributed by atoms with Gasteiger partial charge in [-0.2, -0.15) is 0 Å². The van der Waals surface area contributed by atoms with Gasteiger partial charge < -0.3 is 25.8 Å². The van der Waals surface area contributed by atoms with Gasteiger partial charge in [0.05, 0.1) is 12.2 Å². The first-order valence-corrected chi connectivity index (χ1v) is 8.85. The summed E-state index contributed by atoms with van der Waals surface area (Å²) in [6.45, 7) is 6.08. The number of primary amides is 1. The number of carbonyl (C=O) groups excluding carboxylic acids is 2. The number of amides is 1. The standard InChI is InChI=1S/C10H12O3.C7H10O2.C2H5NO.C2H4O2/c1-8-2-4-9(5-3-8)10(12)13-7-6-11;1-3-6(2)4-5-7(8)9;2*1-2(3)4/h2-5,11H,6-7H2,1H3;1,6H,4-5H2,2H3,(H,8,9);1H3,(H2,3,4);1H3,(H,3,4). The monoisotopic (exact) mass is 425 g/mol. The fourth-order valence-electron chi connectivity index (χ4n) is 1.33. The van der Waals surface area contributed by atoms with Crippen LogP contribution in [0, 0.1) is 25.2 Å². The molecule has 0 bridgehead atoms. The number of carboxylic acids is 2. The smallest absolute Gasteiger partial charge is 0.338 e. The molecule has 1 rings (SSSR count). The summed E-state index contributed by atoms with van der Waals surface area (Å²) in [5, 5.41) is 24.0. The summed E-state index contributed by atoms with van der Waals surface area (Å²) < 4.78 is 4.73. The number of aryl methyl sites for hydroxylation is 1. The van der Waals surface area contributed by atoms with E-state index in [0.717, 1.165) is 12.5 Å². The minimum Gasteiger partial charge on any atom is -0.481 e. The largest absolute Gasteiger partial charge is 0.481 e. The van der Waals surface area contributed by atoms with Gasteiger partial charge in [0.25, 0.3) is 5.97 Å². The molecular formula is C21H31NO8. The SMILES string of the molecule is C#CC(C)CCC(=O)O.CC(=O)O.CC(N)=O.Cc1ccc(C(=O)OCCO)cc1. The van der Waals surface area contributed by atoms with Crippen molar-refractivity contribution in [2.45, 2.75) is 40.5 Å². The molecule has 1 aromatic carbocycles. The zero-order valence-electron chi connectivity index (χ0n) is 17.8. The Hall–Kier alpha value is -3.38. The molecule has 0 heterocycles. The number of terminal acetylenes is 1. The third-order valence-corrected chi connectivity index (χ3v) is 2.69. The highest BCUT2D eigenvalue weighted by Gasteiger charge is 2.04. The van der Waals surface area contributed by atoms with Crippen molar-refractivity contribution in [2.24, 2.45) is 11.7 Å². The van der Waals surface area contributed by atoms with E-state index in [9.17, 15) is 14.4 Å². The zero-order chi connectivity index (χ0) is 24.1. The first kappa shape index (κ1) is 31.3. The predicted octanol–water partition coefficient (Wildman–Crippen LogP) is 1.85. The molecule has 0 spiro atoms. The normalized spacial score (nSPS) is 9.47. The van der Waals surface area contributed by atoms with Gasteiger partial charge in [-0.25, -0.2) is 4.79 Å². The van der Waals surface area contributed by atoms with Gasteiger partial charge in [0, 0.05) is 26.2 Å². The molecule has 0 fully saturated rings. The summed E-state index contributed by atoms with van der Waals surface area (Å²) in [5.41, 5.74) is 6.08. The van der Waals surface area contributed by atoms with Crippen molar-refractivity contribution < 1.29 is 39.2 Å². The van der Waals surface area contributed by atoms with E-state index in [1.807, 2.05) is 26.0 Å². The van der Waals surface area contributed by atoms with Crippen molar-refractivity contribution in [3.05, 3.63) is 35.4 Å². The average Bonchev–Trinajstić information content (AvgIpc) is 2.64. The van der Waals surface area contributed by atoms with E-state index in [1.165, 1.54) is 6.92 Å². The molecule has 0 saturated carbocycles. The van der Waals surface area contributed by atoms with Crippen LogP contribution in [-0.2, 0) is 19.1 Å². The van der Waals surface area contributed by atoms with Gasteiger partial charge in [0.2, 0.25) is 5.91 Å². The maximum atomic E-state index is 11.2. The molecule has 1 unspecified atom stereocenters. The van der Waals surface area contributed by atoms with Crippen LogP contribution in [0.5, 0.6) is 0 Å². The van der Waals surface area contributed by atoms with Gasteiger partial charge in [0.15, 0.2) is 0 Å². The molecule has 1 amide bonds. The Kier molecular flexibility index (Phi) is 21.3. The maximum absolute atomic E-state index is 11.2. The topological polar surface area (TPSA) is 164 Å². The van der Waals surface area contributed by atoms with Gasteiger partial charge in [-0.3, -0.25) is 14.4 Å². The van der Waals surface area contributed by atoms with Crippen molar-refractivity contribution >= 4 is 23.8 Å². The number of esters is 1. The van der Waals surface area contributed by atoms with Gasteiger partial charge in [0.1, 0.15) is 6.61 Å². The number of aliphatic hydroxyl groups is 1. The van der Waals surface area contributed by atoms with Crippen molar-refractivity contribution in [3.63, 3.8) is 0 Å². The molecular weight excluding hydrogens is 394 g/mol. The lowest BCUT2D eigenvalue weighted by Crippen LogP contribution is -2.08. The Morgan fingerprint density at radius 3 is 1.90 bits per heavy atom. The van der Waals surface area contributed by atoms with E-state index in [1.54, 1.807) is 12.1 Å². The number of benzene rings is 1. The van der Waals surface area contributed by atoms with E-state index in [2.05, 4.69) is 11.7 Å². The second-order valence-corrected chi connectivity index (χ2v) is 5.86. The van der Waals surface area contributed by atoms with Gasteiger partial charge in [-0.1, -0.05) is 24.6 Å². The number of carbonyl (C=O) groups is 4. The third-order valence-electron chi connectivity index (χ3n) is 2.69. The zero-order valence-corrected chi connectivity index (χ0v) is 17.8. The van der Waals surface area contributed by atoms with Crippen LogP contribution >= 0.6 is 0 Å². The predicted molar refractivity (Wildman–Crippen MR) is 112 cm³/mol. The molecule has 168 valence electrons. The second kappa shape index (κ2) is 20.4. The lowest BCUT2D eigenvalue weighted by atomic mass is 10.1. The fraction of sp³-hybridized carbons (Fsp3) is 0.429. The molecule has 1 atom stereocenters. The van der Waals surface area contributed by atoms with Crippen molar-refractivity contribution in [3.8, 4) is 12.3 Å². The average molecular weight is 425 g/mol. The fourth-order valence-corrected chi connectivity index (χ4v) is 1.33. The number of rotatable bonds is 6. The summed E-state index contributed by atoms with van der Waals surface area (Å²) in [5.74, 6) is 0.200. The summed E-state index contributed by atoms with van der Waals surface area (Å²) in [6.07, 6.45) is 5.76. The van der Waals surface area contributed by atoms with Crippen LogP contribution in [0.3, 0.4) is 0 Å². The number of carboxylic acid groups (broad SMARTS) is 2. The Bertz CT molecular complexity index is 657. The second-order valence-electron chi connectivity index (χ2n) is 5.86. The van der Waals surface area contributed by atoms with E-state index in [0.29, 0.717) is 12.0 Å². The molecule has 0 aliphatic carbocycles. The number of ether oxygens (including phenoxy) is 1. The number of aliphatic hydroxyl groups excluding tert-OH is 1. The molecule has 9 nitrogen and oxygen atoms in total. The molecule has 30 heavy (non-hydrogen) atoms. The van der Waals surface area contributed by atoms with Crippen LogP contribution < -0.4 is 5.73 Å². The van der Waals surface area contributed by atoms with Gasteiger partial charge in [-0.15, -0.1) is 12.3 Å². The van der Waals surface area contributed by atoms with E-state index in [-0.39, 0.29) is 31.5 Å². The van der Waals surface area contributed by atoms with Crippen LogP contribution in [0.4, 0.5) is 0 Å². The molecule has 0 aromatic heterocycles. The lowest BCUT2D eigenvalue weighted by Gasteiger charge is -2.02. The lowest BCUT2D eigenvalue weighted by molar-refractivity contribution is -0.137. The van der Waals surface area contributed by atoms with E-state index >= 15 is 0 Å². The molecule has 0 aliphatic heterocycles. The minimum atomic E-state index is -0.833. The van der Waals surface area contributed by atoms with E-state index in [4.69, 9.17) is 31.3 Å². The molecule has 1 aromatic rings. The van der Waals surface area contributed by atoms with Crippen molar-refractivity contribution in [2.75, 3.05) is 13.2 Å². The Labute approximate surface area is 176 Å². The van der Waals surface area contributed by atoms with Crippen LogP contribution in [0.2, 0.25) is 0 Å². The highest BCUT2D eigenvalue weighted by atomic mass is 16.5.